The zero-order valence-electron chi connectivity index (χ0n) is 15.3. The summed E-state index contributed by atoms with van der Waals surface area (Å²) in [6.07, 6.45) is -3.31. The van der Waals surface area contributed by atoms with E-state index < -0.39 is 12.1 Å². The van der Waals surface area contributed by atoms with Crippen molar-refractivity contribution in [2.24, 2.45) is 0 Å². The summed E-state index contributed by atoms with van der Waals surface area (Å²) in [7, 11) is 0. The Morgan fingerprint density at radius 3 is 2.43 bits per heavy atom. The van der Waals surface area contributed by atoms with Gasteiger partial charge in [-0.15, -0.1) is 24.9 Å². The molecule has 0 spiro atoms. The van der Waals surface area contributed by atoms with Crippen molar-refractivity contribution in [1.82, 2.24) is 4.98 Å². The number of rotatable bonds is 7. The molecule has 0 fully saturated rings. The molecule has 0 saturated carbocycles. The first-order valence-corrected chi connectivity index (χ1v) is 9.62. The third-order valence-corrected chi connectivity index (χ3v) is 4.99. The maximum absolute atomic E-state index is 12.9. The maximum Gasteiger partial charge on any atom is 0.573 e. The van der Waals surface area contributed by atoms with Crippen molar-refractivity contribution in [3.63, 3.8) is 0 Å². The molecule has 0 saturated heterocycles. The number of thioether (sulfide) groups is 1. The number of hydrogen-bond acceptors (Lipinski definition) is 5. The predicted molar refractivity (Wildman–Crippen MR) is 103 cm³/mol. The molecule has 1 aromatic heterocycles. The van der Waals surface area contributed by atoms with E-state index in [0.29, 0.717) is 16.2 Å². The van der Waals surface area contributed by atoms with Crippen LogP contribution in [0, 0.1) is 5.82 Å². The second-order valence-corrected chi connectivity index (χ2v) is 7.23. The average molecular weight is 437 g/mol. The number of ether oxygens (including phenoxy) is 1. The van der Waals surface area contributed by atoms with E-state index in [1.807, 2.05) is 0 Å². The van der Waals surface area contributed by atoms with Gasteiger partial charge < -0.3 is 9.84 Å². The lowest BCUT2D eigenvalue weighted by atomic mass is 10.0. The molecule has 3 rings (SSSR count). The Morgan fingerprint density at radius 2 is 1.80 bits per heavy atom. The van der Waals surface area contributed by atoms with Crippen molar-refractivity contribution in [3.05, 3.63) is 83.3 Å². The molecule has 0 radical (unpaired) electrons. The van der Waals surface area contributed by atoms with Crippen LogP contribution in [0.5, 0.6) is 11.5 Å². The molecule has 0 amide bonds. The number of aromatic hydroxyl groups is 1. The van der Waals surface area contributed by atoms with Crippen LogP contribution in [0.4, 0.5) is 17.6 Å². The van der Waals surface area contributed by atoms with Crippen molar-refractivity contribution in [3.8, 4) is 11.5 Å². The molecule has 0 bridgehead atoms. The number of ketones is 1. The Balaban J connectivity index is 1.61. The van der Waals surface area contributed by atoms with E-state index in [-0.39, 0.29) is 35.1 Å². The Morgan fingerprint density at radius 1 is 1.07 bits per heavy atom. The van der Waals surface area contributed by atoms with Gasteiger partial charge in [0.25, 0.3) is 0 Å². The molecule has 0 aliphatic heterocycles. The topological polar surface area (TPSA) is 59.4 Å². The Bertz CT molecular complexity index is 1020. The van der Waals surface area contributed by atoms with E-state index in [4.69, 9.17) is 0 Å². The van der Waals surface area contributed by atoms with Gasteiger partial charge in [0.1, 0.15) is 17.3 Å². The third kappa shape index (κ3) is 6.21. The van der Waals surface area contributed by atoms with Crippen LogP contribution in [0.2, 0.25) is 0 Å². The van der Waals surface area contributed by atoms with E-state index >= 15 is 0 Å². The van der Waals surface area contributed by atoms with Crippen LogP contribution in [0.25, 0.3) is 0 Å². The minimum absolute atomic E-state index is 0.105. The number of halogens is 4. The van der Waals surface area contributed by atoms with Crippen LogP contribution < -0.4 is 4.74 Å². The van der Waals surface area contributed by atoms with Crippen molar-refractivity contribution in [2.45, 2.75) is 23.6 Å². The Labute approximate surface area is 173 Å². The first-order chi connectivity index (χ1) is 14.2. The highest BCUT2D eigenvalue weighted by Gasteiger charge is 2.31. The summed E-state index contributed by atoms with van der Waals surface area (Å²) in [5.41, 5.74) is 1.31. The van der Waals surface area contributed by atoms with Crippen LogP contribution >= 0.6 is 11.8 Å². The molecule has 156 valence electrons. The summed E-state index contributed by atoms with van der Waals surface area (Å²) >= 11 is 1.18. The van der Waals surface area contributed by atoms with Crippen molar-refractivity contribution < 1.29 is 32.2 Å². The van der Waals surface area contributed by atoms with Gasteiger partial charge in [0, 0.05) is 29.5 Å². The summed E-state index contributed by atoms with van der Waals surface area (Å²) in [5, 5.41) is 10.4. The largest absolute Gasteiger partial charge is 0.573 e. The van der Waals surface area contributed by atoms with Gasteiger partial charge in [0.15, 0.2) is 5.78 Å². The third-order valence-electron chi connectivity index (χ3n) is 4.00. The predicted octanol–water partition coefficient (Wildman–Crippen LogP) is 5.54. The lowest BCUT2D eigenvalue weighted by Gasteiger charge is -2.11. The average Bonchev–Trinajstić information content (AvgIpc) is 2.69. The molecule has 0 aliphatic carbocycles. The first-order valence-electron chi connectivity index (χ1n) is 8.64. The Kier molecular flexibility index (Phi) is 6.61. The van der Waals surface area contributed by atoms with Gasteiger partial charge in [-0.25, -0.2) is 9.37 Å². The van der Waals surface area contributed by atoms with Gasteiger partial charge >= 0.3 is 6.36 Å². The standard InChI is InChI=1S/C21H15F4NO3S/c22-16-4-1-13(2-5-16)9-19(28)14-3-8-20(26-11-14)30-12-15-10-17(6-7-18(15)27)29-21(23,24)25/h1-8,10-11,27H,9,12H2. The molecule has 1 heterocycles. The number of pyridine rings is 1. The van der Waals surface area contributed by atoms with Crippen LogP contribution in [0.1, 0.15) is 21.5 Å². The van der Waals surface area contributed by atoms with Crippen molar-refractivity contribution >= 4 is 17.5 Å². The minimum atomic E-state index is -4.82. The van der Waals surface area contributed by atoms with E-state index in [1.165, 1.54) is 42.2 Å². The number of hydrogen-bond donors (Lipinski definition) is 1. The summed E-state index contributed by atoms with van der Waals surface area (Å²) < 4.78 is 53.8. The van der Waals surface area contributed by atoms with Crippen LogP contribution in [-0.4, -0.2) is 22.2 Å². The monoisotopic (exact) mass is 437 g/mol. The quantitative estimate of drug-likeness (QED) is 0.299. The molecule has 2 aromatic carbocycles. The van der Waals surface area contributed by atoms with Gasteiger partial charge in [-0.2, -0.15) is 0 Å². The number of carbonyl (C=O) groups excluding carboxylic acids is 1. The second-order valence-electron chi connectivity index (χ2n) is 6.24. The summed E-state index contributed by atoms with van der Waals surface area (Å²) in [5.74, 6) is -0.999. The number of benzene rings is 2. The maximum atomic E-state index is 12.9. The number of aromatic nitrogens is 1. The number of alkyl halides is 3. The fourth-order valence-electron chi connectivity index (χ4n) is 2.55. The molecule has 4 nitrogen and oxygen atoms in total. The fraction of sp³-hybridized carbons (Fsp3) is 0.143. The van der Waals surface area contributed by atoms with Gasteiger partial charge in [0.05, 0.1) is 5.03 Å². The first kappa shape index (κ1) is 21.6. The number of phenolic OH excluding ortho intramolecular Hbond substituents is 1. The highest BCUT2D eigenvalue weighted by Crippen LogP contribution is 2.31. The van der Waals surface area contributed by atoms with Gasteiger partial charge in [-0.05, 0) is 48.0 Å². The molecule has 3 aromatic rings. The zero-order valence-corrected chi connectivity index (χ0v) is 16.1. The highest BCUT2D eigenvalue weighted by molar-refractivity contribution is 7.98. The number of Topliss-reactive ketones (excluding diaryl/α,β-unsaturated/α-hetero) is 1. The van der Waals surface area contributed by atoms with Crippen molar-refractivity contribution in [1.29, 1.82) is 0 Å². The van der Waals surface area contributed by atoms with E-state index in [0.717, 1.165) is 18.2 Å². The molecule has 0 unspecified atom stereocenters. The Hall–Kier alpha value is -3.07. The number of carbonyl (C=O) groups is 1. The smallest absolute Gasteiger partial charge is 0.508 e. The fourth-order valence-corrected chi connectivity index (χ4v) is 3.37. The highest BCUT2D eigenvalue weighted by atomic mass is 32.2. The van der Waals surface area contributed by atoms with Crippen LogP contribution in [-0.2, 0) is 12.2 Å². The molecule has 0 aliphatic rings. The summed E-state index contributed by atoms with van der Waals surface area (Å²) in [6.45, 7) is 0. The minimum Gasteiger partial charge on any atom is -0.508 e. The number of nitrogens with zero attached hydrogens (tertiary/aromatic N) is 1. The zero-order chi connectivity index (χ0) is 21.7. The van der Waals surface area contributed by atoms with Crippen molar-refractivity contribution in [2.75, 3.05) is 0 Å². The van der Waals surface area contributed by atoms with Gasteiger partial charge in [-0.1, -0.05) is 12.1 Å². The van der Waals surface area contributed by atoms with Gasteiger partial charge in [0.2, 0.25) is 0 Å². The number of phenols is 1. The second kappa shape index (κ2) is 9.17. The molecular formula is C21H15F4NO3S. The van der Waals surface area contributed by atoms with E-state index in [9.17, 15) is 27.5 Å². The molecule has 9 heteroatoms. The molecular weight excluding hydrogens is 422 g/mol. The lowest BCUT2D eigenvalue weighted by molar-refractivity contribution is -0.274. The SMILES string of the molecule is O=C(Cc1ccc(F)cc1)c1ccc(SCc2cc(OC(F)(F)F)ccc2O)nc1. The van der Waals surface area contributed by atoms with Gasteiger partial charge in [-0.3, -0.25) is 4.79 Å². The molecule has 0 atom stereocenters. The van der Waals surface area contributed by atoms with Crippen LogP contribution in [0.15, 0.2) is 65.8 Å². The summed E-state index contributed by atoms with van der Waals surface area (Å²) in [6, 6.07) is 12.1. The normalized spacial score (nSPS) is 11.3. The lowest BCUT2D eigenvalue weighted by Crippen LogP contribution is -2.17. The summed E-state index contributed by atoms with van der Waals surface area (Å²) in [4.78, 5) is 16.5. The van der Waals surface area contributed by atoms with Crippen LogP contribution in [0.3, 0.4) is 0 Å². The molecule has 30 heavy (non-hydrogen) atoms. The van der Waals surface area contributed by atoms with E-state index in [1.54, 1.807) is 12.1 Å². The van der Waals surface area contributed by atoms with E-state index in [2.05, 4.69) is 9.72 Å². The molecule has 1 N–H and O–H groups in total.